The Morgan fingerprint density at radius 3 is 2.71 bits per heavy atom. The van der Waals surface area contributed by atoms with E-state index in [2.05, 4.69) is 5.32 Å². The number of nitrogens with one attached hydrogen (secondary N) is 1. The van der Waals surface area contributed by atoms with Crippen LogP contribution in [-0.2, 0) is 0 Å². The van der Waals surface area contributed by atoms with E-state index >= 15 is 0 Å². The van der Waals surface area contributed by atoms with Crippen molar-refractivity contribution in [3.63, 3.8) is 0 Å². The van der Waals surface area contributed by atoms with Crippen molar-refractivity contribution in [1.29, 1.82) is 0 Å². The Hall–Kier alpha value is -1.16. The molecule has 2 N–H and O–H groups in total. The molecule has 1 aromatic carbocycles. The molecule has 0 aliphatic rings. The van der Waals surface area contributed by atoms with E-state index in [1.54, 1.807) is 0 Å². The third kappa shape index (κ3) is 3.30. The largest absolute Gasteiger partial charge is 0.396 e. The van der Waals surface area contributed by atoms with Gasteiger partial charge in [0.25, 0.3) is 0 Å². The molecule has 0 fully saturated rings. The number of benzene rings is 1. The number of halogens is 2. The molecule has 0 amide bonds. The van der Waals surface area contributed by atoms with Crippen LogP contribution in [0.25, 0.3) is 0 Å². The first-order valence-electron chi connectivity index (χ1n) is 4.54. The number of hydrogen-bond donors (Lipinski definition) is 2. The van der Waals surface area contributed by atoms with Gasteiger partial charge in [-0.2, -0.15) is 0 Å². The first kappa shape index (κ1) is 10.9. The van der Waals surface area contributed by atoms with Gasteiger partial charge in [-0.15, -0.1) is 0 Å². The summed E-state index contributed by atoms with van der Waals surface area (Å²) in [5, 5.41) is 11.3. The van der Waals surface area contributed by atoms with E-state index in [1.807, 2.05) is 0 Å². The minimum atomic E-state index is -0.463. The summed E-state index contributed by atoms with van der Waals surface area (Å²) >= 11 is 0. The standard InChI is InChI=1S/C10H13F2NO/c11-8-3-4-9(12)10(7-8)13-5-1-2-6-14/h3-4,7,13-14H,1-2,5-6H2. The van der Waals surface area contributed by atoms with Crippen LogP contribution in [0, 0.1) is 11.6 Å². The van der Waals surface area contributed by atoms with Crippen molar-refractivity contribution in [1.82, 2.24) is 0 Å². The molecular formula is C10H13F2NO. The summed E-state index contributed by atoms with van der Waals surface area (Å²) in [6.07, 6.45) is 1.39. The predicted octanol–water partition coefficient (Wildman–Crippen LogP) is 2.15. The quantitative estimate of drug-likeness (QED) is 0.715. The van der Waals surface area contributed by atoms with E-state index in [1.165, 1.54) is 0 Å². The van der Waals surface area contributed by atoms with Crippen molar-refractivity contribution in [3.8, 4) is 0 Å². The molecule has 4 heteroatoms. The third-order valence-electron chi connectivity index (χ3n) is 1.83. The molecule has 14 heavy (non-hydrogen) atoms. The molecule has 1 aromatic rings. The van der Waals surface area contributed by atoms with Crippen LogP contribution in [-0.4, -0.2) is 18.3 Å². The second-order valence-electron chi connectivity index (χ2n) is 2.98. The molecule has 0 bridgehead atoms. The Morgan fingerprint density at radius 2 is 2.00 bits per heavy atom. The summed E-state index contributed by atoms with van der Waals surface area (Å²) in [7, 11) is 0. The van der Waals surface area contributed by atoms with Crippen molar-refractivity contribution in [2.24, 2.45) is 0 Å². The monoisotopic (exact) mass is 201 g/mol. The fraction of sp³-hybridized carbons (Fsp3) is 0.400. The Labute approximate surface area is 81.6 Å². The second kappa shape index (κ2) is 5.54. The number of aliphatic hydroxyl groups excluding tert-OH is 1. The Morgan fingerprint density at radius 1 is 1.21 bits per heavy atom. The second-order valence-corrected chi connectivity index (χ2v) is 2.98. The molecule has 0 aromatic heterocycles. The van der Waals surface area contributed by atoms with Crippen molar-refractivity contribution in [2.45, 2.75) is 12.8 Å². The van der Waals surface area contributed by atoms with Crippen molar-refractivity contribution < 1.29 is 13.9 Å². The van der Waals surface area contributed by atoms with E-state index in [9.17, 15) is 8.78 Å². The summed E-state index contributed by atoms with van der Waals surface area (Å²) in [5.41, 5.74) is 0.169. The zero-order valence-corrected chi connectivity index (χ0v) is 7.76. The molecule has 0 spiro atoms. The molecule has 1 rings (SSSR count). The first-order chi connectivity index (χ1) is 6.74. The minimum Gasteiger partial charge on any atom is -0.396 e. The molecule has 0 heterocycles. The molecule has 78 valence electrons. The molecule has 0 aliphatic heterocycles. The number of hydrogen-bond acceptors (Lipinski definition) is 2. The number of anilines is 1. The normalized spacial score (nSPS) is 10.2. The highest BCUT2D eigenvalue weighted by molar-refractivity contribution is 5.44. The van der Waals surface area contributed by atoms with Crippen LogP contribution in [0.1, 0.15) is 12.8 Å². The average molecular weight is 201 g/mol. The highest BCUT2D eigenvalue weighted by Crippen LogP contribution is 2.14. The van der Waals surface area contributed by atoms with E-state index < -0.39 is 11.6 Å². The summed E-state index contributed by atoms with van der Waals surface area (Å²) in [4.78, 5) is 0. The van der Waals surface area contributed by atoms with Gasteiger partial charge in [0.1, 0.15) is 11.6 Å². The summed E-state index contributed by atoms with van der Waals surface area (Å²) in [6.45, 7) is 0.647. The number of rotatable bonds is 5. The van der Waals surface area contributed by atoms with E-state index in [0.29, 0.717) is 13.0 Å². The third-order valence-corrected chi connectivity index (χ3v) is 1.83. The van der Waals surface area contributed by atoms with Gasteiger partial charge in [0.05, 0.1) is 5.69 Å². The van der Waals surface area contributed by atoms with Gasteiger partial charge < -0.3 is 10.4 Å². The lowest BCUT2D eigenvalue weighted by Crippen LogP contribution is -2.04. The van der Waals surface area contributed by atoms with Crippen LogP contribution < -0.4 is 5.32 Å². The highest BCUT2D eigenvalue weighted by atomic mass is 19.1. The van der Waals surface area contributed by atoms with Crippen molar-refractivity contribution in [3.05, 3.63) is 29.8 Å². The lowest BCUT2D eigenvalue weighted by Gasteiger charge is -2.06. The molecule has 0 saturated heterocycles. The maximum absolute atomic E-state index is 13.0. The Balaban J connectivity index is 2.45. The van der Waals surface area contributed by atoms with Crippen LogP contribution in [0.5, 0.6) is 0 Å². The minimum absolute atomic E-state index is 0.118. The van der Waals surface area contributed by atoms with Gasteiger partial charge in [-0.1, -0.05) is 0 Å². The van der Waals surface area contributed by atoms with Crippen LogP contribution in [0.15, 0.2) is 18.2 Å². The van der Waals surface area contributed by atoms with E-state index in [-0.39, 0.29) is 12.3 Å². The average Bonchev–Trinajstić information content (AvgIpc) is 2.18. The van der Waals surface area contributed by atoms with Crippen molar-refractivity contribution in [2.75, 3.05) is 18.5 Å². The van der Waals surface area contributed by atoms with E-state index in [4.69, 9.17) is 5.11 Å². The SMILES string of the molecule is OCCCCNc1cc(F)ccc1F. The fourth-order valence-corrected chi connectivity index (χ4v) is 1.09. The Kier molecular flexibility index (Phi) is 4.32. The number of unbranched alkanes of at least 4 members (excludes halogenated alkanes) is 1. The highest BCUT2D eigenvalue weighted by Gasteiger charge is 2.01. The van der Waals surface area contributed by atoms with E-state index in [0.717, 1.165) is 24.6 Å². The predicted molar refractivity (Wildman–Crippen MR) is 51.2 cm³/mol. The molecule has 0 unspecified atom stereocenters. The molecule has 0 aliphatic carbocycles. The molecule has 2 nitrogen and oxygen atoms in total. The zero-order chi connectivity index (χ0) is 10.4. The van der Waals surface area contributed by atoms with Crippen LogP contribution in [0.3, 0.4) is 0 Å². The van der Waals surface area contributed by atoms with Crippen molar-refractivity contribution >= 4 is 5.69 Å². The van der Waals surface area contributed by atoms with Crippen LogP contribution >= 0.6 is 0 Å². The van der Waals surface area contributed by atoms with Gasteiger partial charge in [0.15, 0.2) is 0 Å². The summed E-state index contributed by atoms with van der Waals surface area (Å²) < 4.78 is 25.7. The van der Waals surface area contributed by atoms with Crippen LogP contribution in [0.4, 0.5) is 14.5 Å². The number of aliphatic hydroxyl groups is 1. The van der Waals surface area contributed by atoms with Crippen LogP contribution in [0.2, 0.25) is 0 Å². The lowest BCUT2D eigenvalue weighted by atomic mass is 10.2. The lowest BCUT2D eigenvalue weighted by molar-refractivity contribution is 0.286. The van der Waals surface area contributed by atoms with Gasteiger partial charge in [-0.3, -0.25) is 0 Å². The van der Waals surface area contributed by atoms with Gasteiger partial charge in [0, 0.05) is 13.2 Å². The molecular weight excluding hydrogens is 188 g/mol. The summed E-state index contributed by atoms with van der Waals surface area (Å²) in [6, 6.07) is 3.28. The zero-order valence-electron chi connectivity index (χ0n) is 7.76. The molecule has 0 atom stereocenters. The van der Waals surface area contributed by atoms with Gasteiger partial charge >= 0.3 is 0 Å². The summed E-state index contributed by atoms with van der Waals surface area (Å²) in [5.74, 6) is -0.925. The molecule has 0 saturated carbocycles. The van der Waals surface area contributed by atoms with Gasteiger partial charge in [-0.05, 0) is 31.0 Å². The fourth-order valence-electron chi connectivity index (χ4n) is 1.09. The first-order valence-corrected chi connectivity index (χ1v) is 4.54. The van der Waals surface area contributed by atoms with Gasteiger partial charge in [-0.25, -0.2) is 8.78 Å². The topological polar surface area (TPSA) is 32.3 Å². The maximum Gasteiger partial charge on any atom is 0.146 e. The van der Waals surface area contributed by atoms with Gasteiger partial charge in [0.2, 0.25) is 0 Å². The molecule has 0 radical (unpaired) electrons. The smallest absolute Gasteiger partial charge is 0.146 e. The Bertz CT molecular complexity index is 291. The maximum atomic E-state index is 13.0.